The predicted molar refractivity (Wildman–Crippen MR) is 88.7 cm³/mol. The first kappa shape index (κ1) is 14.9. The van der Waals surface area contributed by atoms with Crippen molar-refractivity contribution in [1.29, 1.82) is 0 Å². The number of aldehydes is 1. The zero-order valence-corrected chi connectivity index (χ0v) is 12.8. The van der Waals surface area contributed by atoms with Crippen LogP contribution in [0.5, 0.6) is 0 Å². The molecule has 0 amide bonds. The van der Waals surface area contributed by atoms with Gasteiger partial charge in [-0.05, 0) is 24.6 Å². The summed E-state index contributed by atoms with van der Waals surface area (Å²) in [6.07, 6.45) is 4.15. The summed E-state index contributed by atoms with van der Waals surface area (Å²) < 4.78 is 0. The average molecular weight is 307 g/mol. The number of nitrogens with zero attached hydrogens (tertiary/aromatic N) is 3. The molecule has 6 heteroatoms. The number of carbonyl (C=O) groups excluding carboxylic acids is 1. The van der Waals surface area contributed by atoms with Crippen molar-refractivity contribution >= 4 is 17.9 Å². The van der Waals surface area contributed by atoms with E-state index in [2.05, 4.69) is 32.2 Å². The van der Waals surface area contributed by atoms with Crippen LogP contribution in [0.25, 0.3) is 11.4 Å². The van der Waals surface area contributed by atoms with Gasteiger partial charge in [0.1, 0.15) is 5.69 Å². The third-order valence-electron chi connectivity index (χ3n) is 3.34. The minimum absolute atomic E-state index is 0.319. The van der Waals surface area contributed by atoms with Crippen LogP contribution in [0.1, 0.15) is 29.7 Å². The summed E-state index contributed by atoms with van der Waals surface area (Å²) >= 11 is 0. The molecule has 0 saturated carbocycles. The van der Waals surface area contributed by atoms with E-state index in [0.717, 1.165) is 24.2 Å². The molecule has 0 aliphatic carbocycles. The van der Waals surface area contributed by atoms with Gasteiger partial charge in [0.25, 0.3) is 0 Å². The van der Waals surface area contributed by atoms with E-state index >= 15 is 0 Å². The summed E-state index contributed by atoms with van der Waals surface area (Å²) in [6.45, 7) is 2.08. The Morgan fingerprint density at radius 2 is 2.00 bits per heavy atom. The predicted octanol–water partition coefficient (Wildman–Crippen LogP) is 3.38. The Hall–Kier alpha value is -3.02. The Bertz CT molecular complexity index is 798. The van der Waals surface area contributed by atoms with Crippen molar-refractivity contribution < 1.29 is 4.79 Å². The Balaban J connectivity index is 1.93. The first-order chi connectivity index (χ1) is 11.3. The number of hydrogen-bond acceptors (Lipinski definition) is 5. The lowest BCUT2D eigenvalue weighted by atomic mass is 10.2. The molecule has 3 rings (SSSR count). The Morgan fingerprint density at radius 1 is 1.17 bits per heavy atom. The highest BCUT2D eigenvalue weighted by atomic mass is 16.1. The fourth-order valence-corrected chi connectivity index (χ4v) is 2.33. The molecule has 0 atom stereocenters. The van der Waals surface area contributed by atoms with E-state index in [0.29, 0.717) is 29.4 Å². The van der Waals surface area contributed by atoms with Crippen molar-refractivity contribution in [2.24, 2.45) is 0 Å². The number of rotatable bonds is 6. The highest BCUT2D eigenvalue weighted by molar-refractivity contribution is 5.72. The van der Waals surface area contributed by atoms with E-state index in [-0.39, 0.29) is 0 Å². The zero-order chi connectivity index (χ0) is 16.1. The number of benzene rings is 1. The van der Waals surface area contributed by atoms with Crippen molar-refractivity contribution in [3.63, 3.8) is 0 Å². The van der Waals surface area contributed by atoms with Gasteiger partial charge in [-0.15, -0.1) is 0 Å². The number of hydrogen-bond donors (Lipinski definition) is 2. The summed E-state index contributed by atoms with van der Waals surface area (Å²) in [4.78, 5) is 27.1. The van der Waals surface area contributed by atoms with Gasteiger partial charge in [0.15, 0.2) is 12.1 Å². The number of aromatic amines is 1. The average Bonchev–Trinajstić information content (AvgIpc) is 3.00. The third-order valence-corrected chi connectivity index (χ3v) is 3.34. The van der Waals surface area contributed by atoms with Gasteiger partial charge < -0.3 is 10.3 Å². The number of para-hydroxylation sites is 1. The van der Waals surface area contributed by atoms with E-state index in [9.17, 15) is 4.79 Å². The standard InChI is InChI=1S/C17H17N5O/c1-2-6-13-16(22-15(11-23)20-13)14-9-10-18-17(21-14)19-12-7-4-3-5-8-12/h3-5,7-11H,2,6H2,1H3,(H,20,22)(H,18,19,21). The number of aromatic nitrogens is 4. The van der Waals surface area contributed by atoms with Crippen LogP contribution in [-0.4, -0.2) is 26.2 Å². The Morgan fingerprint density at radius 3 is 2.74 bits per heavy atom. The second-order valence-corrected chi connectivity index (χ2v) is 5.07. The molecule has 116 valence electrons. The zero-order valence-electron chi connectivity index (χ0n) is 12.8. The molecule has 0 saturated heterocycles. The van der Waals surface area contributed by atoms with E-state index in [1.54, 1.807) is 12.3 Å². The molecular weight excluding hydrogens is 290 g/mol. The van der Waals surface area contributed by atoms with E-state index in [1.165, 1.54) is 0 Å². The lowest BCUT2D eigenvalue weighted by Crippen LogP contribution is -1.99. The van der Waals surface area contributed by atoms with Crippen LogP contribution in [0, 0.1) is 0 Å². The smallest absolute Gasteiger partial charge is 0.227 e. The minimum atomic E-state index is 0.319. The summed E-state index contributed by atoms with van der Waals surface area (Å²) in [7, 11) is 0. The second kappa shape index (κ2) is 6.83. The largest absolute Gasteiger partial charge is 0.339 e. The molecule has 6 nitrogen and oxygen atoms in total. The molecule has 1 aromatic carbocycles. The molecular formula is C17H17N5O. The Kier molecular flexibility index (Phi) is 4.42. The molecule has 0 aliphatic rings. The summed E-state index contributed by atoms with van der Waals surface area (Å²) in [5.41, 5.74) is 3.21. The number of nitrogens with one attached hydrogen (secondary N) is 2. The number of carbonyl (C=O) groups is 1. The number of aryl methyl sites for hydroxylation is 1. The number of imidazole rings is 1. The third kappa shape index (κ3) is 3.42. The highest BCUT2D eigenvalue weighted by Gasteiger charge is 2.13. The molecule has 3 aromatic rings. The van der Waals surface area contributed by atoms with Gasteiger partial charge in [0, 0.05) is 17.6 Å². The van der Waals surface area contributed by atoms with Crippen LogP contribution in [-0.2, 0) is 6.42 Å². The molecule has 0 aliphatic heterocycles. The van der Waals surface area contributed by atoms with Gasteiger partial charge >= 0.3 is 0 Å². The van der Waals surface area contributed by atoms with E-state index in [4.69, 9.17) is 0 Å². The van der Waals surface area contributed by atoms with Crippen LogP contribution in [0.4, 0.5) is 11.6 Å². The highest BCUT2D eigenvalue weighted by Crippen LogP contribution is 2.22. The van der Waals surface area contributed by atoms with Crippen LogP contribution in [0.15, 0.2) is 42.6 Å². The molecule has 0 bridgehead atoms. The topological polar surface area (TPSA) is 83.6 Å². The molecule has 2 N–H and O–H groups in total. The molecule has 2 heterocycles. The fourth-order valence-electron chi connectivity index (χ4n) is 2.33. The minimum Gasteiger partial charge on any atom is -0.339 e. The van der Waals surface area contributed by atoms with Crippen LogP contribution in [0.2, 0.25) is 0 Å². The summed E-state index contributed by atoms with van der Waals surface area (Å²) in [5, 5.41) is 3.16. The SMILES string of the molecule is CCCc1[nH]c(C=O)nc1-c1ccnc(Nc2ccccc2)n1. The van der Waals surface area contributed by atoms with Crippen LogP contribution < -0.4 is 5.32 Å². The van der Waals surface area contributed by atoms with Gasteiger partial charge in [-0.1, -0.05) is 31.5 Å². The molecule has 0 spiro atoms. The van der Waals surface area contributed by atoms with Gasteiger partial charge in [-0.2, -0.15) is 0 Å². The molecule has 0 fully saturated rings. The van der Waals surface area contributed by atoms with Crippen LogP contribution in [0.3, 0.4) is 0 Å². The van der Waals surface area contributed by atoms with E-state index < -0.39 is 0 Å². The van der Waals surface area contributed by atoms with Crippen LogP contribution >= 0.6 is 0 Å². The maximum Gasteiger partial charge on any atom is 0.227 e. The van der Waals surface area contributed by atoms with E-state index in [1.807, 2.05) is 30.3 Å². The monoisotopic (exact) mass is 307 g/mol. The molecule has 0 radical (unpaired) electrons. The quantitative estimate of drug-likeness (QED) is 0.682. The maximum atomic E-state index is 11.0. The molecule has 2 aromatic heterocycles. The maximum absolute atomic E-state index is 11.0. The Labute approximate surface area is 134 Å². The van der Waals surface area contributed by atoms with Crippen molar-refractivity contribution in [2.45, 2.75) is 19.8 Å². The molecule has 0 unspecified atom stereocenters. The number of H-pyrrole nitrogens is 1. The van der Waals surface area contributed by atoms with Gasteiger partial charge in [-0.3, -0.25) is 4.79 Å². The van der Waals surface area contributed by atoms with Crippen molar-refractivity contribution in [3.05, 3.63) is 54.1 Å². The normalized spacial score (nSPS) is 10.5. The van der Waals surface area contributed by atoms with Gasteiger partial charge in [-0.25, -0.2) is 15.0 Å². The summed E-state index contributed by atoms with van der Waals surface area (Å²) in [5.74, 6) is 0.812. The van der Waals surface area contributed by atoms with Gasteiger partial charge in [0.2, 0.25) is 5.95 Å². The lowest BCUT2D eigenvalue weighted by Gasteiger charge is -2.06. The van der Waals surface area contributed by atoms with Gasteiger partial charge in [0.05, 0.1) is 5.69 Å². The molecule has 23 heavy (non-hydrogen) atoms. The first-order valence-corrected chi connectivity index (χ1v) is 7.49. The lowest BCUT2D eigenvalue weighted by molar-refractivity contribution is 0.111. The second-order valence-electron chi connectivity index (χ2n) is 5.07. The first-order valence-electron chi connectivity index (χ1n) is 7.49. The van der Waals surface area contributed by atoms with Crippen molar-refractivity contribution in [2.75, 3.05) is 5.32 Å². The summed E-state index contributed by atoms with van der Waals surface area (Å²) in [6, 6.07) is 11.5. The van der Waals surface area contributed by atoms with Crippen molar-refractivity contribution in [1.82, 2.24) is 19.9 Å². The fraction of sp³-hybridized carbons (Fsp3) is 0.176. The van der Waals surface area contributed by atoms with Crippen molar-refractivity contribution in [3.8, 4) is 11.4 Å². The number of anilines is 2.